The fraction of sp³-hybridized carbons (Fsp3) is 0.208. The minimum absolute atomic E-state index is 0.0364. The number of H-pyrrole nitrogens is 1. The van der Waals surface area contributed by atoms with Crippen LogP contribution in [-0.2, 0) is 17.6 Å². The molecule has 0 saturated carbocycles. The van der Waals surface area contributed by atoms with E-state index in [1.165, 1.54) is 16.3 Å². The van der Waals surface area contributed by atoms with Crippen LogP contribution in [0.5, 0.6) is 0 Å². The Balaban J connectivity index is 1.84. The number of nitrogens with one attached hydrogen (secondary N) is 1. The molecule has 4 N–H and O–H groups in total. The van der Waals surface area contributed by atoms with Crippen molar-refractivity contribution < 1.29 is 9.90 Å². The van der Waals surface area contributed by atoms with Gasteiger partial charge in [0.15, 0.2) is 0 Å². The molecule has 0 amide bonds. The second-order valence-corrected chi connectivity index (χ2v) is 7.24. The van der Waals surface area contributed by atoms with Crippen LogP contribution in [0.1, 0.15) is 24.0 Å². The van der Waals surface area contributed by atoms with Crippen LogP contribution in [0, 0.1) is 0 Å². The zero-order valence-corrected chi connectivity index (χ0v) is 15.7. The molecule has 142 valence electrons. The second-order valence-electron chi connectivity index (χ2n) is 7.24. The van der Waals surface area contributed by atoms with Crippen LogP contribution in [0.4, 0.5) is 0 Å². The number of fused-ring (bicyclic) bond motifs is 2. The van der Waals surface area contributed by atoms with Gasteiger partial charge in [-0.3, -0.25) is 4.79 Å². The molecule has 0 atom stereocenters. The molecule has 1 aromatic heterocycles. The standard InChI is InChI=1S/C24H24N2O2/c25-12-4-3-7-20-21-13-16(14-23(27)28)8-11-22(21)26-24(20)19-10-9-17-5-1-2-6-18(17)15-19/h1-2,5-6,8-11,13,15,26H,3-4,7,12,14,25H2,(H,27,28). The molecule has 0 radical (unpaired) electrons. The molecule has 1 heterocycles. The van der Waals surface area contributed by atoms with Gasteiger partial charge in [-0.25, -0.2) is 0 Å². The highest BCUT2D eigenvalue weighted by Gasteiger charge is 2.14. The topological polar surface area (TPSA) is 79.1 Å². The maximum Gasteiger partial charge on any atom is 0.307 e. The summed E-state index contributed by atoms with van der Waals surface area (Å²) in [7, 11) is 0. The Morgan fingerprint density at radius 2 is 1.79 bits per heavy atom. The van der Waals surface area contributed by atoms with Crippen LogP contribution in [-0.4, -0.2) is 22.6 Å². The summed E-state index contributed by atoms with van der Waals surface area (Å²) < 4.78 is 0. The fourth-order valence-electron chi connectivity index (χ4n) is 3.88. The Labute approximate surface area is 164 Å². The van der Waals surface area contributed by atoms with Crippen molar-refractivity contribution >= 4 is 27.6 Å². The van der Waals surface area contributed by atoms with Crippen molar-refractivity contribution in [2.75, 3.05) is 6.54 Å². The number of rotatable bonds is 7. The van der Waals surface area contributed by atoms with Crippen LogP contribution in [0.25, 0.3) is 32.9 Å². The van der Waals surface area contributed by atoms with Gasteiger partial charge in [-0.1, -0.05) is 42.5 Å². The number of nitrogens with two attached hydrogens (primary N) is 1. The van der Waals surface area contributed by atoms with E-state index in [0.29, 0.717) is 6.54 Å². The van der Waals surface area contributed by atoms with Gasteiger partial charge in [0.2, 0.25) is 0 Å². The smallest absolute Gasteiger partial charge is 0.307 e. The lowest BCUT2D eigenvalue weighted by Gasteiger charge is -2.07. The van der Waals surface area contributed by atoms with E-state index in [9.17, 15) is 4.79 Å². The average Bonchev–Trinajstić information content (AvgIpc) is 3.05. The molecular formula is C24H24N2O2. The van der Waals surface area contributed by atoms with E-state index < -0.39 is 5.97 Å². The highest BCUT2D eigenvalue weighted by molar-refractivity contribution is 5.94. The number of carboxylic acid groups (broad SMARTS) is 1. The average molecular weight is 372 g/mol. The first-order chi connectivity index (χ1) is 13.7. The van der Waals surface area contributed by atoms with Crippen LogP contribution >= 0.6 is 0 Å². The summed E-state index contributed by atoms with van der Waals surface area (Å²) in [6.07, 6.45) is 2.93. The van der Waals surface area contributed by atoms with Gasteiger partial charge < -0.3 is 15.8 Å². The Morgan fingerprint density at radius 1 is 0.964 bits per heavy atom. The van der Waals surface area contributed by atoms with Crippen molar-refractivity contribution in [1.82, 2.24) is 4.98 Å². The number of aromatic amines is 1. The number of carbonyl (C=O) groups is 1. The van der Waals surface area contributed by atoms with Gasteiger partial charge in [0, 0.05) is 16.6 Å². The van der Waals surface area contributed by atoms with Gasteiger partial charge in [-0.05, 0) is 71.5 Å². The molecular weight excluding hydrogens is 348 g/mol. The molecule has 3 aromatic carbocycles. The zero-order chi connectivity index (χ0) is 19.5. The van der Waals surface area contributed by atoms with Crippen molar-refractivity contribution in [2.24, 2.45) is 5.73 Å². The number of benzene rings is 3. The third kappa shape index (κ3) is 3.64. The summed E-state index contributed by atoms with van der Waals surface area (Å²) >= 11 is 0. The van der Waals surface area contributed by atoms with Gasteiger partial charge >= 0.3 is 5.97 Å². The molecule has 4 nitrogen and oxygen atoms in total. The molecule has 0 spiro atoms. The molecule has 4 heteroatoms. The third-order valence-corrected chi connectivity index (χ3v) is 5.24. The van der Waals surface area contributed by atoms with Gasteiger partial charge in [0.1, 0.15) is 0 Å². The lowest BCUT2D eigenvalue weighted by atomic mass is 9.97. The summed E-state index contributed by atoms with van der Waals surface area (Å²) in [6, 6.07) is 20.8. The second kappa shape index (κ2) is 7.87. The highest BCUT2D eigenvalue weighted by atomic mass is 16.4. The molecule has 0 unspecified atom stereocenters. The number of unbranched alkanes of at least 4 members (excludes halogenated alkanes) is 1. The minimum atomic E-state index is -0.811. The lowest BCUT2D eigenvalue weighted by Crippen LogP contribution is -2.00. The van der Waals surface area contributed by atoms with E-state index in [1.54, 1.807) is 0 Å². The Bertz CT molecular complexity index is 1140. The maximum atomic E-state index is 11.1. The van der Waals surface area contributed by atoms with Crippen LogP contribution in [0.15, 0.2) is 60.7 Å². The van der Waals surface area contributed by atoms with Crippen LogP contribution in [0.3, 0.4) is 0 Å². The molecule has 0 aliphatic heterocycles. The summed E-state index contributed by atoms with van der Waals surface area (Å²) in [5, 5.41) is 12.7. The number of carboxylic acids is 1. The highest BCUT2D eigenvalue weighted by Crippen LogP contribution is 2.33. The molecule has 0 aliphatic rings. The van der Waals surface area contributed by atoms with Gasteiger partial charge in [0.25, 0.3) is 0 Å². The lowest BCUT2D eigenvalue weighted by molar-refractivity contribution is -0.136. The van der Waals surface area contributed by atoms with Gasteiger partial charge in [-0.2, -0.15) is 0 Å². The van der Waals surface area contributed by atoms with Crippen molar-refractivity contribution in [1.29, 1.82) is 0 Å². The summed E-state index contributed by atoms with van der Waals surface area (Å²) in [5.41, 5.74) is 11.1. The number of hydrogen-bond donors (Lipinski definition) is 3. The predicted octanol–water partition coefficient (Wildman–Crippen LogP) is 4.90. The quantitative estimate of drug-likeness (QED) is 0.404. The number of hydrogen-bond acceptors (Lipinski definition) is 2. The first-order valence-corrected chi connectivity index (χ1v) is 9.70. The van der Waals surface area contributed by atoms with E-state index in [4.69, 9.17) is 10.8 Å². The SMILES string of the molecule is NCCCCc1c(-c2ccc3ccccc3c2)[nH]c2ccc(CC(=O)O)cc12. The fourth-order valence-corrected chi connectivity index (χ4v) is 3.88. The Kier molecular flexibility index (Phi) is 5.13. The molecule has 4 aromatic rings. The van der Waals surface area contributed by atoms with E-state index in [2.05, 4.69) is 41.4 Å². The van der Waals surface area contributed by atoms with Crippen molar-refractivity contribution in [3.8, 4) is 11.3 Å². The normalized spacial score (nSPS) is 11.3. The first-order valence-electron chi connectivity index (χ1n) is 9.70. The monoisotopic (exact) mass is 372 g/mol. The van der Waals surface area contributed by atoms with Crippen LogP contribution < -0.4 is 5.73 Å². The van der Waals surface area contributed by atoms with Gasteiger partial charge in [0.05, 0.1) is 6.42 Å². The number of aryl methyl sites for hydroxylation is 1. The zero-order valence-electron chi connectivity index (χ0n) is 15.7. The van der Waals surface area contributed by atoms with E-state index >= 15 is 0 Å². The van der Waals surface area contributed by atoms with Crippen LogP contribution in [0.2, 0.25) is 0 Å². The molecule has 4 rings (SSSR count). The van der Waals surface area contributed by atoms with Crippen molar-refractivity contribution in [3.63, 3.8) is 0 Å². The molecule has 0 aliphatic carbocycles. The Morgan fingerprint density at radius 3 is 2.57 bits per heavy atom. The Hall–Kier alpha value is -3.11. The molecule has 0 fully saturated rings. The summed E-state index contributed by atoms with van der Waals surface area (Å²) in [4.78, 5) is 14.7. The molecule has 0 saturated heterocycles. The van der Waals surface area contributed by atoms with E-state index in [1.807, 2.05) is 24.3 Å². The third-order valence-electron chi connectivity index (χ3n) is 5.24. The first kappa shape index (κ1) is 18.3. The van der Waals surface area contributed by atoms with Gasteiger partial charge in [-0.15, -0.1) is 0 Å². The van der Waals surface area contributed by atoms with E-state index in [-0.39, 0.29) is 6.42 Å². The van der Waals surface area contributed by atoms with Crippen molar-refractivity contribution in [3.05, 3.63) is 71.8 Å². The predicted molar refractivity (Wildman–Crippen MR) is 115 cm³/mol. The number of aromatic nitrogens is 1. The summed E-state index contributed by atoms with van der Waals surface area (Å²) in [6.45, 7) is 0.678. The van der Waals surface area contributed by atoms with Crippen molar-refractivity contribution in [2.45, 2.75) is 25.7 Å². The maximum absolute atomic E-state index is 11.1. The minimum Gasteiger partial charge on any atom is -0.481 e. The molecule has 0 bridgehead atoms. The largest absolute Gasteiger partial charge is 0.481 e. The van der Waals surface area contributed by atoms with E-state index in [0.717, 1.165) is 47.0 Å². The number of aliphatic carboxylic acids is 1. The molecule has 28 heavy (non-hydrogen) atoms. The summed E-state index contributed by atoms with van der Waals surface area (Å²) in [5.74, 6) is -0.811.